The average Bonchev–Trinajstić information content (AvgIpc) is 2.05. The second kappa shape index (κ2) is 9.03. The van der Waals surface area contributed by atoms with Crippen LogP contribution in [0.15, 0.2) is 0 Å². The first-order chi connectivity index (χ1) is 5.81. The van der Waals surface area contributed by atoms with Crippen molar-refractivity contribution in [3.8, 4) is 0 Å². The molecular weight excluding hydrogens is 176 g/mol. The molecule has 0 aliphatic rings. The fourth-order valence-electron chi connectivity index (χ4n) is 0.694. The Labute approximate surface area is 77.8 Å². The van der Waals surface area contributed by atoms with Gasteiger partial charge in [0.25, 0.3) is 0 Å². The second-order valence-corrected chi connectivity index (χ2v) is 3.48. The van der Waals surface area contributed by atoms with Crippen LogP contribution in [0.5, 0.6) is 0 Å². The normalized spacial score (nSPS) is 10.2. The van der Waals surface area contributed by atoms with Crippen LogP contribution in [0.4, 0.5) is 0 Å². The highest BCUT2D eigenvalue weighted by Gasteiger charge is 1.99. The number of carbonyl (C=O) groups excluding carboxylic acids is 1. The first-order valence-electron chi connectivity index (χ1n) is 3.88. The molecule has 0 saturated heterocycles. The Morgan fingerprint density at radius 3 is 2.67 bits per heavy atom. The summed E-state index contributed by atoms with van der Waals surface area (Å²) < 4.78 is 9.57. The molecule has 12 heavy (non-hydrogen) atoms. The standard InChI is InChI=1S/C8H16O3S/c1-10-4-3-5-12-7-8(9)6-11-2/h3-7H2,1-2H3. The number of methoxy groups -OCH3 is 2. The molecule has 0 aromatic rings. The predicted octanol–water partition coefficient (Wildman–Crippen LogP) is 0.972. The Bertz CT molecular complexity index is 117. The monoisotopic (exact) mass is 192 g/mol. The third kappa shape index (κ3) is 8.04. The van der Waals surface area contributed by atoms with Crippen molar-refractivity contribution in [1.29, 1.82) is 0 Å². The summed E-state index contributed by atoms with van der Waals surface area (Å²) in [5.74, 6) is 1.68. The van der Waals surface area contributed by atoms with Gasteiger partial charge in [0.1, 0.15) is 6.61 Å². The van der Waals surface area contributed by atoms with Gasteiger partial charge in [0.15, 0.2) is 5.78 Å². The van der Waals surface area contributed by atoms with E-state index in [0.717, 1.165) is 18.8 Å². The predicted molar refractivity (Wildman–Crippen MR) is 50.7 cm³/mol. The lowest BCUT2D eigenvalue weighted by molar-refractivity contribution is -0.120. The number of carbonyl (C=O) groups is 1. The lowest BCUT2D eigenvalue weighted by Gasteiger charge is -1.99. The Morgan fingerprint density at radius 2 is 2.08 bits per heavy atom. The smallest absolute Gasteiger partial charge is 0.168 e. The van der Waals surface area contributed by atoms with Crippen molar-refractivity contribution < 1.29 is 14.3 Å². The molecule has 0 radical (unpaired) electrons. The van der Waals surface area contributed by atoms with Gasteiger partial charge in [0, 0.05) is 20.8 Å². The average molecular weight is 192 g/mol. The minimum atomic E-state index is 0.153. The zero-order chi connectivity index (χ0) is 9.23. The Morgan fingerprint density at radius 1 is 1.33 bits per heavy atom. The molecule has 0 rings (SSSR count). The minimum absolute atomic E-state index is 0.153. The fourth-order valence-corrected chi connectivity index (χ4v) is 1.47. The third-order valence-electron chi connectivity index (χ3n) is 1.21. The van der Waals surface area contributed by atoms with E-state index in [-0.39, 0.29) is 12.4 Å². The van der Waals surface area contributed by atoms with Crippen molar-refractivity contribution in [3.63, 3.8) is 0 Å². The maximum Gasteiger partial charge on any atom is 0.168 e. The number of ketones is 1. The zero-order valence-corrected chi connectivity index (χ0v) is 8.49. The van der Waals surface area contributed by atoms with Crippen LogP contribution < -0.4 is 0 Å². The Balaban J connectivity index is 3.03. The molecular formula is C8H16O3S. The quantitative estimate of drug-likeness (QED) is 0.537. The molecule has 0 heterocycles. The van der Waals surface area contributed by atoms with Crippen molar-refractivity contribution in [1.82, 2.24) is 0 Å². The topological polar surface area (TPSA) is 35.5 Å². The molecule has 0 fully saturated rings. The van der Waals surface area contributed by atoms with E-state index in [1.54, 1.807) is 18.9 Å². The molecule has 0 amide bonds. The van der Waals surface area contributed by atoms with Gasteiger partial charge >= 0.3 is 0 Å². The summed E-state index contributed by atoms with van der Waals surface area (Å²) >= 11 is 1.63. The van der Waals surface area contributed by atoms with E-state index in [9.17, 15) is 4.79 Å². The second-order valence-electron chi connectivity index (χ2n) is 2.37. The van der Waals surface area contributed by atoms with Crippen LogP contribution in [0.25, 0.3) is 0 Å². The highest BCUT2D eigenvalue weighted by atomic mass is 32.2. The van der Waals surface area contributed by atoms with Crippen molar-refractivity contribution in [2.45, 2.75) is 6.42 Å². The molecule has 3 nitrogen and oxygen atoms in total. The zero-order valence-electron chi connectivity index (χ0n) is 7.67. The molecule has 0 spiro atoms. The van der Waals surface area contributed by atoms with E-state index in [1.165, 1.54) is 7.11 Å². The van der Waals surface area contributed by atoms with Crippen molar-refractivity contribution >= 4 is 17.5 Å². The van der Waals surface area contributed by atoms with E-state index in [2.05, 4.69) is 0 Å². The largest absolute Gasteiger partial charge is 0.385 e. The van der Waals surface area contributed by atoms with E-state index in [0.29, 0.717) is 5.75 Å². The Kier molecular flexibility index (Phi) is 8.99. The summed E-state index contributed by atoms with van der Waals surface area (Å²) in [6.07, 6.45) is 1.00. The minimum Gasteiger partial charge on any atom is -0.385 e. The number of Topliss-reactive ketones (excluding diaryl/α,β-unsaturated/α-hetero) is 1. The number of hydrogen-bond acceptors (Lipinski definition) is 4. The molecule has 0 aliphatic carbocycles. The van der Waals surface area contributed by atoms with Crippen LogP contribution in [-0.4, -0.2) is 44.7 Å². The van der Waals surface area contributed by atoms with Crippen molar-refractivity contribution in [2.75, 3.05) is 38.9 Å². The van der Waals surface area contributed by atoms with E-state index in [4.69, 9.17) is 9.47 Å². The third-order valence-corrected chi connectivity index (χ3v) is 2.31. The van der Waals surface area contributed by atoms with Gasteiger partial charge in [-0.2, -0.15) is 11.8 Å². The fraction of sp³-hybridized carbons (Fsp3) is 0.875. The van der Waals surface area contributed by atoms with Crippen LogP contribution in [0, 0.1) is 0 Å². The van der Waals surface area contributed by atoms with Gasteiger partial charge in [0.2, 0.25) is 0 Å². The van der Waals surface area contributed by atoms with Gasteiger partial charge in [0.05, 0.1) is 5.75 Å². The molecule has 0 aromatic carbocycles. The van der Waals surface area contributed by atoms with Gasteiger partial charge < -0.3 is 9.47 Å². The SMILES string of the molecule is COCCCSCC(=O)COC. The van der Waals surface area contributed by atoms with Crippen LogP contribution >= 0.6 is 11.8 Å². The number of rotatable bonds is 8. The van der Waals surface area contributed by atoms with Crippen LogP contribution in [0.2, 0.25) is 0 Å². The van der Waals surface area contributed by atoms with Gasteiger partial charge in [-0.05, 0) is 12.2 Å². The van der Waals surface area contributed by atoms with Gasteiger partial charge in [-0.3, -0.25) is 4.79 Å². The summed E-state index contributed by atoms with van der Waals surface area (Å²) in [5, 5.41) is 0. The highest BCUT2D eigenvalue weighted by Crippen LogP contribution is 2.02. The maximum absolute atomic E-state index is 10.9. The molecule has 0 aliphatic heterocycles. The van der Waals surface area contributed by atoms with Crippen LogP contribution in [0.3, 0.4) is 0 Å². The molecule has 0 unspecified atom stereocenters. The van der Waals surface area contributed by atoms with E-state index in [1.807, 2.05) is 0 Å². The number of hydrogen-bond donors (Lipinski definition) is 0. The summed E-state index contributed by atoms with van der Waals surface area (Å²) in [4.78, 5) is 10.9. The summed E-state index contributed by atoms with van der Waals surface area (Å²) in [6.45, 7) is 1.00. The van der Waals surface area contributed by atoms with Gasteiger partial charge in [-0.15, -0.1) is 0 Å². The summed E-state index contributed by atoms with van der Waals surface area (Å²) in [5.41, 5.74) is 0. The first kappa shape index (κ1) is 11.9. The molecule has 0 N–H and O–H groups in total. The van der Waals surface area contributed by atoms with Crippen molar-refractivity contribution in [2.24, 2.45) is 0 Å². The maximum atomic E-state index is 10.9. The molecule has 72 valence electrons. The van der Waals surface area contributed by atoms with Crippen LogP contribution in [-0.2, 0) is 14.3 Å². The molecule has 0 aromatic heterocycles. The number of thioether (sulfide) groups is 1. The van der Waals surface area contributed by atoms with E-state index >= 15 is 0 Å². The lowest BCUT2D eigenvalue weighted by Crippen LogP contribution is -2.09. The lowest BCUT2D eigenvalue weighted by atomic mass is 10.5. The number of ether oxygens (including phenoxy) is 2. The van der Waals surface area contributed by atoms with Crippen molar-refractivity contribution in [3.05, 3.63) is 0 Å². The molecule has 0 atom stereocenters. The van der Waals surface area contributed by atoms with Gasteiger partial charge in [-0.1, -0.05) is 0 Å². The first-order valence-corrected chi connectivity index (χ1v) is 5.04. The Hall–Kier alpha value is -0.0600. The summed E-state index contributed by atoms with van der Waals surface area (Å²) in [6, 6.07) is 0. The highest BCUT2D eigenvalue weighted by molar-refractivity contribution is 7.99. The molecule has 0 bridgehead atoms. The van der Waals surface area contributed by atoms with Crippen LogP contribution in [0.1, 0.15) is 6.42 Å². The van der Waals surface area contributed by atoms with Gasteiger partial charge in [-0.25, -0.2) is 0 Å². The van der Waals surface area contributed by atoms with E-state index < -0.39 is 0 Å². The summed E-state index contributed by atoms with van der Waals surface area (Å²) in [7, 11) is 3.22. The molecule has 0 saturated carbocycles. The molecule has 4 heteroatoms.